The summed E-state index contributed by atoms with van der Waals surface area (Å²) in [6.07, 6.45) is 7.79. The molecule has 0 bridgehead atoms. The molecule has 0 radical (unpaired) electrons. The Balaban J connectivity index is 1.54. The highest BCUT2D eigenvalue weighted by atomic mass is 16.4. The Bertz CT molecular complexity index is 352. The molecule has 2 atom stereocenters. The minimum absolute atomic E-state index is 0.277. The second kappa shape index (κ2) is 8.48. The van der Waals surface area contributed by atoms with Gasteiger partial charge in [-0.3, -0.25) is 19.4 Å². The lowest BCUT2D eigenvalue weighted by molar-refractivity contribution is -0.143. The molecule has 0 aliphatic carbocycles. The first kappa shape index (κ1) is 17.2. The zero-order valence-electron chi connectivity index (χ0n) is 13.2. The molecule has 0 amide bonds. The van der Waals surface area contributed by atoms with E-state index in [-0.39, 0.29) is 12.1 Å². The van der Waals surface area contributed by atoms with Gasteiger partial charge in [0.1, 0.15) is 12.1 Å². The van der Waals surface area contributed by atoms with Crippen LogP contribution in [-0.4, -0.2) is 70.2 Å². The quantitative estimate of drug-likeness (QED) is 0.630. The van der Waals surface area contributed by atoms with Gasteiger partial charge in [-0.05, 0) is 64.7 Å². The van der Waals surface area contributed by atoms with Crippen LogP contribution in [0.5, 0.6) is 0 Å². The molecule has 0 aromatic carbocycles. The number of aliphatic carboxylic acids is 2. The minimum atomic E-state index is -0.689. The molecule has 2 aliphatic rings. The van der Waals surface area contributed by atoms with Crippen molar-refractivity contribution in [1.29, 1.82) is 0 Å². The first-order valence-electron chi connectivity index (χ1n) is 8.53. The summed E-state index contributed by atoms with van der Waals surface area (Å²) in [5.74, 6) is -1.38. The number of nitrogens with zero attached hydrogens (tertiary/aromatic N) is 2. The number of carbonyl (C=O) groups is 2. The number of hydrogen-bond acceptors (Lipinski definition) is 4. The fourth-order valence-electron chi connectivity index (χ4n) is 3.73. The normalized spacial score (nSPS) is 26.5. The molecule has 0 unspecified atom stereocenters. The standard InChI is InChI=1S/C16H28N2O4/c19-15(20)13-7-5-11-17(13)9-3-1-2-4-10-18-12-6-8-14(18)16(21)22/h13-14H,1-12H2,(H,19,20)(H,21,22)/t13-,14-/m0/s1. The van der Waals surface area contributed by atoms with Crippen molar-refractivity contribution in [3.63, 3.8) is 0 Å². The van der Waals surface area contributed by atoms with Crippen molar-refractivity contribution < 1.29 is 19.8 Å². The van der Waals surface area contributed by atoms with Gasteiger partial charge >= 0.3 is 11.9 Å². The second-order valence-electron chi connectivity index (χ2n) is 6.48. The molecular weight excluding hydrogens is 284 g/mol. The van der Waals surface area contributed by atoms with Crippen molar-refractivity contribution >= 4 is 11.9 Å². The smallest absolute Gasteiger partial charge is 0.320 e. The SMILES string of the molecule is O=C(O)[C@@H]1CCCN1CCCCCCN1CCC[C@H]1C(=O)O. The van der Waals surface area contributed by atoms with E-state index >= 15 is 0 Å². The maximum absolute atomic E-state index is 11.1. The molecule has 2 N–H and O–H groups in total. The number of carboxylic acid groups (broad SMARTS) is 2. The third kappa shape index (κ3) is 4.68. The van der Waals surface area contributed by atoms with Crippen molar-refractivity contribution in [3.8, 4) is 0 Å². The Morgan fingerprint density at radius 3 is 1.55 bits per heavy atom. The van der Waals surface area contributed by atoms with Crippen molar-refractivity contribution in [3.05, 3.63) is 0 Å². The molecule has 2 heterocycles. The van der Waals surface area contributed by atoms with Gasteiger partial charge in [-0.25, -0.2) is 0 Å². The molecule has 2 aliphatic heterocycles. The van der Waals surface area contributed by atoms with Crippen LogP contribution in [0.4, 0.5) is 0 Å². The van der Waals surface area contributed by atoms with Crippen LogP contribution in [0.2, 0.25) is 0 Å². The van der Waals surface area contributed by atoms with E-state index in [1.54, 1.807) is 0 Å². The van der Waals surface area contributed by atoms with Crippen LogP contribution >= 0.6 is 0 Å². The Kier molecular flexibility index (Phi) is 6.64. The van der Waals surface area contributed by atoms with E-state index in [4.69, 9.17) is 10.2 Å². The number of hydrogen-bond donors (Lipinski definition) is 2. The maximum Gasteiger partial charge on any atom is 0.320 e. The van der Waals surface area contributed by atoms with E-state index in [9.17, 15) is 9.59 Å². The molecule has 2 fully saturated rings. The number of carboxylic acids is 2. The summed E-state index contributed by atoms with van der Waals surface area (Å²) in [5, 5.41) is 18.2. The van der Waals surface area contributed by atoms with Gasteiger partial charge in [-0.15, -0.1) is 0 Å². The predicted octanol–water partition coefficient (Wildman–Crippen LogP) is 1.64. The van der Waals surface area contributed by atoms with Crippen molar-refractivity contribution in [2.24, 2.45) is 0 Å². The average Bonchev–Trinajstić information content (AvgIpc) is 3.11. The third-order valence-corrected chi connectivity index (χ3v) is 4.94. The molecule has 2 rings (SSSR count). The summed E-state index contributed by atoms with van der Waals surface area (Å²) in [4.78, 5) is 26.3. The van der Waals surface area contributed by atoms with E-state index in [0.717, 1.165) is 77.5 Å². The van der Waals surface area contributed by atoms with Crippen molar-refractivity contribution in [2.75, 3.05) is 26.2 Å². The number of likely N-dealkylation sites (tertiary alicyclic amines) is 2. The zero-order valence-corrected chi connectivity index (χ0v) is 13.2. The molecule has 2 saturated heterocycles. The van der Waals surface area contributed by atoms with E-state index < -0.39 is 11.9 Å². The van der Waals surface area contributed by atoms with Crippen molar-refractivity contribution in [2.45, 2.75) is 63.5 Å². The van der Waals surface area contributed by atoms with Gasteiger partial charge in [0.15, 0.2) is 0 Å². The largest absolute Gasteiger partial charge is 0.480 e. The van der Waals surface area contributed by atoms with Gasteiger partial charge in [0.05, 0.1) is 0 Å². The topological polar surface area (TPSA) is 81.1 Å². The number of rotatable bonds is 9. The van der Waals surface area contributed by atoms with Gasteiger partial charge in [0, 0.05) is 0 Å². The Labute approximate surface area is 132 Å². The van der Waals surface area contributed by atoms with E-state index in [1.165, 1.54) is 0 Å². The zero-order chi connectivity index (χ0) is 15.9. The first-order chi connectivity index (χ1) is 10.6. The molecule has 0 aromatic heterocycles. The lowest BCUT2D eigenvalue weighted by atomic mass is 10.1. The van der Waals surface area contributed by atoms with Crippen LogP contribution in [0.3, 0.4) is 0 Å². The first-order valence-corrected chi connectivity index (χ1v) is 8.53. The van der Waals surface area contributed by atoms with Gasteiger partial charge in [0.2, 0.25) is 0 Å². The maximum atomic E-state index is 11.1. The third-order valence-electron chi connectivity index (χ3n) is 4.94. The molecule has 6 nitrogen and oxygen atoms in total. The summed E-state index contributed by atoms with van der Waals surface area (Å²) < 4.78 is 0. The van der Waals surface area contributed by atoms with Gasteiger partial charge in [-0.2, -0.15) is 0 Å². The monoisotopic (exact) mass is 312 g/mol. The molecule has 126 valence electrons. The minimum Gasteiger partial charge on any atom is -0.480 e. The van der Waals surface area contributed by atoms with E-state index in [1.807, 2.05) is 0 Å². The molecular formula is C16H28N2O4. The van der Waals surface area contributed by atoms with Crippen LogP contribution in [0.25, 0.3) is 0 Å². The number of unbranched alkanes of at least 4 members (excludes halogenated alkanes) is 3. The highest BCUT2D eigenvalue weighted by Crippen LogP contribution is 2.20. The average molecular weight is 312 g/mol. The van der Waals surface area contributed by atoms with Gasteiger partial charge < -0.3 is 10.2 Å². The van der Waals surface area contributed by atoms with Crippen LogP contribution in [-0.2, 0) is 9.59 Å². The van der Waals surface area contributed by atoms with E-state index in [0.29, 0.717) is 0 Å². The molecule has 22 heavy (non-hydrogen) atoms. The molecule has 0 aromatic rings. The highest BCUT2D eigenvalue weighted by molar-refractivity contribution is 5.74. The van der Waals surface area contributed by atoms with E-state index in [2.05, 4.69) is 9.80 Å². The molecule has 0 saturated carbocycles. The van der Waals surface area contributed by atoms with Gasteiger partial charge in [-0.1, -0.05) is 12.8 Å². The summed E-state index contributed by atoms with van der Waals surface area (Å²) in [6, 6.07) is -0.554. The lowest BCUT2D eigenvalue weighted by Crippen LogP contribution is -2.36. The predicted molar refractivity (Wildman–Crippen MR) is 82.9 cm³/mol. The Morgan fingerprint density at radius 1 is 0.773 bits per heavy atom. The summed E-state index contributed by atoms with van der Waals surface area (Å²) in [6.45, 7) is 3.56. The van der Waals surface area contributed by atoms with Gasteiger partial charge in [0.25, 0.3) is 0 Å². The second-order valence-corrected chi connectivity index (χ2v) is 6.48. The Hall–Kier alpha value is -1.14. The molecule has 0 spiro atoms. The van der Waals surface area contributed by atoms with Crippen LogP contribution in [0.1, 0.15) is 51.4 Å². The fourth-order valence-corrected chi connectivity index (χ4v) is 3.73. The Morgan fingerprint density at radius 2 is 1.18 bits per heavy atom. The van der Waals surface area contributed by atoms with Crippen molar-refractivity contribution in [1.82, 2.24) is 9.80 Å². The van der Waals surface area contributed by atoms with Crippen LogP contribution in [0.15, 0.2) is 0 Å². The van der Waals surface area contributed by atoms with Crippen LogP contribution < -0.4 is 0 Å². The summed E-state index contributed by atoms with van der Waals surface area (Å²) >= 11 is 0. The fraction of sp³-hybridized carbons (Fsp3) is 0.875. The summed E-state index contributed by atoms with van der Waals surface area (Å²) in [7, 11) is 0. The molecule has 6 heteroatoms. The lowest BCUT2D eigenvalue weighted by Gasteiger charge is -2.22. The van der Waals surface area contributed by atoms with Crippen LogP contribution in [0, 0.1) is 0 Å². The highest BCUT2D eigenvalue weighted by Gasteiger charge is 2.30. The summed E-state index contributed by atoms with van der Waals surface area (Å²) in [5.41, 5.74) is 0.